The average molecular weight is 239 g/mol. The molecule has 1 fully saturated rings. The minimum atomic E-state index is -0.263. The maximum Gasteiger partial charge on any atom is 0.220 e. The van der Waals surface area contributed by atoms with Crippen LogP contribution in [0.1, 0.15) is 25.0 Å². The Morgan fingerprint density at radius 3 is 2.78 bits per heavy atom. The van der Waals surface area contributed by atoms with Crippen molar-refractivity contribution in [2.45, 2.75) is 24.9 Å². The van der Waals surface area contributed by atoms with Gasteiger partial charge in [-0.15, -0.1) is 0 Å². The minimum Gasteiger partial charge on any atom is -0.480 e. The van der Waals surface area contributed by atoms with Gasteiger partial charge in [0, 0.05) is 17.3 Å². The van der Waals surface area contributed by atoms with Crippen LogP contribution < -0.4 is 10.5 Å². The van der Waals surface area contributed by atoms with Crippen molar-refractivity contribution in [1.29, 1.82) is 0 Å². The number of benzene rings is 1. The largest absolute Gasteiger partial charge is 0.480 e. The van der Waals surface area contributed by atoms with E-state index in [9.17, 15) is 0 Å². The second-order valence-corrected chi connectivity index (χ2v) is 4.94. The van der Waals surface area contributed by atoms with Crippen LogP contribution in [0.25, 0.3) is 11.1 Å². The summed E-state index contributed by atoms with van der Waals surface area (Å²) < 4.78 is 6.19. The number of para-hydroxylation sites is 1. The number of hydrogen-bond donors (Lipinski definition) is 1. The van der Waals surface area contributed by atoms with Gasteiger partial charge >= 0.3 is 0 Å². The first-order valence-electron chi connectivity index (χ1n) is 6.20. The van der Waals surface area contributed by atoms with Crippen LogP contribution in [0, 0.1) is 0 Å². The lowest BCUT2D eigenvalue weighted by Crippen LogP contribution is -2.43. The van der Waals surface area contributed by atoms with E-state index in [1.165, 1.54) is 6.42 Å². The zero-order valence-electron chi connectivity index (χ0n) is 9.89. The molecule has 0 atom stereocenters. The van der Waals surface area contributed by atoms with Crippen molar-refractivity contribution >= 4 is 5.95 Å². The van der Waals surface area contributed by atoms with Gasteiger partial charge in [-0.2, -0.15) is 0 Å². The Kier molecular flexibility index (Phi) is 1.77. The molecule has 1 aromatic carbocycles. The van der Waals surface area contributed by atoms with Gasteiger partial charge in [0.1, 0.15) is 5.75 Å². The second-order valence-electron chi connectivity index (χ2n) is 4.94. The highest BCUT2D eigenvalue weighted by Crippen LogP contribution is 2.52. The molecular formula is C14H13N3O. The van der Waals surface area contributed by atoms with Gasteiger partial charge in [0.15, 0.2) is 5.60 Å². The number of anilines is 1. The molecule has 2 aliphatic rings. The highest BCUT2D eigenvalue weighted by atomic mass is 16.5. The molecule has 4 heteroatoms. The maximum atomic E-state index is 6.19. The van der Waals surface area contributed by atoms with Crippen LogP contribution >= 0.6 is 0 Å². The predicted molar refractivity (Wildman–Crippen MR) is 68.0 cm³/mol. The number of fused-ring (bicyclic) bond motifs is 4. The van der Waals surface area contributed by atoms with E-state index in [0.29, 0.717) is 5.95 Å². The highest BCUT2D eigenvalue weighted by molar-refractivity contribution is 5.75. The Hall–Kier alpha value is -2.10. The molecule has 2 aromatic rings. The fourth-order valence-electron chi connectivity index (χ4n) is 2.81. The summed E-state index contributed by atoms with van der Waals surface area (Å²) in [7, 11) is 0. The molecule has 0 amide bonds. The van der Waals surface area contributed by atoms with E-state index in [4.69, 9.17) is 10.5 Å². The van der Waals surface area contributed by atoms with Gasteiger partial charge in [-0.25, -0.2) is 9.97 Å². The van der Waals surface area contributed by atoms with Crippen LogP contribution in [0.2, 0.25) is 0 Å². The minimum absolute atomic E-state index is 0.263. The molecule has 1 aromatic heterocycles. The van der Waals surface area contributed by atoms with Crippen molar-refractivity contribution in [2.24, 2.45) is 0 Å². The van der Waals surface area contributed by atoms with Crippen LogP contribution in [-0.2, 0) is 5.60 Å². The summed E-state index contributed by atoms with van der Waals surface area (Å²) >= 11 is 0. The van der Waals surface area contributed by atoms with Gasteiger partial charge in [0.2, 0.25) is 5.95 Å². The van der Waals surface area contributed by atoms with Crippen molar-refractivity contribution in [3.63, 3.8) is 0 Å². The molecule has 2 heterocycles. The van der Waals surface area contributed by atoms with Gasteiger partial charge in [0.25, 0.3) is 0 Å². The topological polar surface area (TPSA) is 61.0 Å². The monoisotopic (exact) mass is 239 g/mol. The first kappa shape index (κ1) is 9.88. The van der Waals surface area contributed by atoms with Crippen molar-refractivity contribution in [3.05, 3.63) is 36.2 Å². The van der Waals surface area contributed by atoms with E-state index in [2.05, 4.69) is 9.97 Å². The van der Waals surface area contributed by atoms with Gasteiger partial charge in [-0.05, 0) is 25.3 Å². The molecule has 1 aliphatic heterocycles. The van der Waals surface area contributed by atoms with Gasteiger partial charge in [-0.1, -0.05) is 18.2 Å². The van der Waals surface area contributed by atoms with E-state index in [-0.39, 0.29) is 5.60 Å². The molecule has 4 nitrogen and oxygen atoms in total. The van der Waals surface area contributed by atoms with Crippen LogP contribution in [0.15, 0.2) is 30.5 Å². The number of nitrogens with zero attached hydrogens (tertiary/aromatic N) is 2. The zero-order chi connectivity index (χ0) is 12.2. The van der Waals surface area contributed by atoms with Crippen molar-refractivity contribution in [3.8, 4) is 16.9 Å². The van der Waals surface area contributed by atoms with Gasteiger partial charge < -0.3 is 10.5 Å². The molecule has 0 saturated heterocycles. The lowest BCUT2D eigenvalue weighted by Gasteiger charge is -2.45. The Balaban J connectivity index is 2.01. The lowest BCUT2D eigenvalue weighted by atomic mass is 9.74. The number of aromatic nitrogens is 2. The molecule has 0 radical (unpaired) electrons. The summed E-state index contributed by atoms with van der Waals surface area (Å²) in [5, 5.41) is 0. The Bertz CT molecular complexity index is 635. The molecule has 18 heavy (non-hydrogen) atoms. The lowest BCUT2D eigenvalue weighted by molar-refractivity contribution is -0.0184. The SMILES string of the molecule is Nc1ncc2c(n1)C1(CCC1)Oc1ccccc1-2. The Morgan fingerprint density at radius 2 is 2.00 bits per heavy atom. The first-order chi connectivity index (χ1) is 8.78. The number of hydrogen-bond acceptors (Lipinski definition) is 4. The number of ether oxygens (including phenoxy) is 1. The molecule has 4 rings (SSSR count). The molecule has 1 spiro atoms. The third-order valence-corrected chi connectivity index (χ3v) is 3.88. The van der Waals surface area contributed by atoms with Crippen LogP contribution in [-0.4, -0.2) is 9.97 Å². The van der Waals surface area contributed by atoms with E-state index >= 15 is 0 Å². The summed E-state index contributed by atoms with van der Waals surface area (Å²) in [6, 6.07) is 8.05. The molecule has 1 saturated carbocycles. The van der Waals surface area contributed by atoms with Crippen molar-refractivity contribution in [1.82, 2.24) is 9.97 Å². The smallest absolute Gasteiger partial charge is 0.220 e. The Morgan fingerprint density at radius 1 is 1.17 bits per heavy atom. The zero-order valence-corrected chi connectivity index (χ0v) is 9.89. The second kappa shape index (κ2) is 3.22. The molecule has 0 bridgehead atoms. The average Bonchev–Trinajstić information content (AvgIpc) is 2.35. The number of nitrogen functional groups attached to an aromatic ring is 1. The normalized spacial score (nSPS) is 18.4. The quantitative estimate of drug-likeness (QED) is 0.767. The standard InChI is InChI=1S/C14H13N3O/c15-13-16-8-10-9-4-1-2-5-11(9)18-14(6-3-7-14)12(10)17-13/h1-2,4-5,8H,3,6-7H2,(H2,15,16,17). The number of rotatable bonds is 0. The summed E-state index contributed by atoms with van der Waals surface area (Å²) in [6.45, 7) is 0. The van der Waals surface area contributed by atoms with Crippen LogP contribution in [0.3, 0.4) is 0 Å². The maximum absolute atomic E-state index is 6.19. The van der Waals surface area contributed by atoms with Gasteiger partial charge in [-0.3, -0.25) is 0 Å². The van der Waals surface area contributed by atoms with Crippen molar-refractivity contribution < 1.29 is 4.74 Å². The van der Waals surface area contributed by atoms with Crippen LogP contribution in [0.5, 0.6) is 5.75 Å². The van der Waals surface area contributed by atoms with E-state index in [1.807, 2.05) is 30.5 Å². The molecule has 1 aliphatic carbocycles. The Labute approximate surface area is 105 Å². The molecule has 0 unspecified atom stereocenters. The summed E-state index contributed by atoms with van der Waals surface area (Å²) in [6.07, 6.45) is 5.00. The fourth-order valence-corrected chi connectivity index (χ4v) is 2.81. The first-order valence-corrected chi connectivity index (χ1v) is 6.20. The summed E-state index contributed by atoms with van der Waals surface area (Å²) in [5.41, 5.74) is 8.54. The van der Waals surface area contributed by atoms with E-state index in [0.717, 1.165) is 35.4 Å². The van der Waals surface area contributed by atoms with Crippen molar-refractivity contribution in [2.75, 3.05) is 5.73 Å². The number of nitrogens with two attached hydrogens (primary N) is 1. The fraction of sp³-hybridized carbons (Fsp3) is 0.286. The molecular weight excluding hydrogens is 226 g/mol. The molecule has 2 N–H and O–H groups in total. The highest BCUT2D eigenvalue weighted by Gasteiger charge is 2.47. The summed E-state index contributed by atoms with van der Waals surface area (Å²) in [5.74, 6) is 1.25. The summed E-state index contributed by atoms with van der Waals surface area (Å²) in [4.78, 5) is 8.56. The molecule has 90 valence electrons. The van der Waals surface area contributed by atoms with E-state index in [1.54, 1.807) is 0 Å². The van der Waals surface area contributed by atoms with E-state index < -0.39 is 0 Å². The third-order valence-electron chi connectivity index (χ3n) is 3.88. The predicted octanol–water partition coefficient (Wildman–Crippen LogP) is 2.50. The third kappa shape index (κ3) is 1.15. The van der Waals surface area contributed by atoms with Gasteiger partial charge in [0.05, 0.1) is 5.69 Å². The van der Waals surface area contributed by atoms with Crippen LogP contribution in [0.4, 0.5) is 5.95 Å².